The number of rotatable bonds is 4. The first-order valence-corrected chi connectivity index (χ1v) is 11.9. The van der Waals surface area contributed by atoms with Gasteiger partial charge < -0.3 is 25.2 Å². The molecular formula is C22H29N5O5S. The van der Waals surface area contributed by atoms with Gasteiger partial charge >= 0.3 is 0 Å². The van der Waals surface area contributed by atoms with Gasteiger partial charge in [0, 0.05) is 32.1 Å². The van der Waals surface area contributed by atoms with Crippen molar-refractivity contribution < 1.29 is 24.5 Å². The molecule has 0 unspecified atom stereocenters. The van der Waals surface area contributed by atoms with Crippen molar-refractivity contribution >= 4 is 30.0 Å². The molecule has 33 heavy (non-hydrogen) atoms. The van der Waals surface area contributed by atoms with Crippen LogP contribution in [0.4, 0.5) is 5.82 Å². The molecule has 0 aromatic carbocycles. The van der Waals surface area contributed by atoms with Crippen LogP contribution >= 0.6 is 11.8 Å². The number of anilines is 1. The number of carbonyl (C=O) groups excluding carboxylic acids is 1. The van der Waals surface area contributed by atoms with E-state index in [0.29, 0.717) is 44.7 Å². The Hall–Kier alpha value is -2.76. The van der Waals surface area contributed by atoms with Gasteiger partial charge in [-0.15, -0.1) is 0 Å². The molecule has 4 rings (SSSR count). The summed E-state index contributed by atoms with van der Waals surface area (Å²) < 4.78 is 6.15. The number of aromatic nitrogens is 3. The number of piperidine rings is 1. The maximum atomic E-state index is 12.7. The monoisotopic (exact) mass is 475 g/mol. The molecule has 0 radical (unpaired) electrons. The van der Waals surface area contributed by atoms with Crippen LogP contribution in [0.1, 0.15) is 36.7 Å². The van der Waals surface area contributed by atoms with Crippen molar-refractivity contribution in [2.45, 2.75) is 48.6 Å². The molecule has 1 spiro atoms. The molecule has 1 amide bonds. The molecule has 11 heteroatoms. The number of aliphatic hydroxyl groups is 1. The van der Waals surface area contributed by atoms with Crippen LogP contribution in [0.3, 0.4) is 0 Å². The molecule has 2 aliphatic rings. The molecular weight excluding hydrogens is 446 g/mol. The Morgan fingerprint density at radius 2 is 1.97 bits per heavy atom. The van der Waals surface area contributed by atoms with Gasteiger partial charge in [0.1, 0.15) is 17.6 Å². The van der Waals surface area contributed by atoms with Crippen LogP contribution in [0.2, 0.25) is 0 Å². The number of ether oxygens (including phenoxy) is 1. The highest BCUT2D eigenvalue weighted by Gasteiger charge is 2.54. The van der Waals surface area contributed by atoms with Crippen molar-refractivity contribution in [3.63, 3.8) is 0 Å². The zero-order valence-electron chi connectivity index (χ0n) is 18.7. The Kier molecular flexibility index (Phi) is 8.22. The molecule has 0 saturated carbocycles. The quantitative estimate of drug-likeness (QED) is 0.340. The van der Waals surface area contributed by atoms with E-state index < -0.39 is 17.2 Å². The third kappa shape index (κ3) is 5.60. The standard InChI is InChI=1S/C21H27N5O3S.CH2O2/c1-20(25-17(27)15-5-3-4-10-22-15)9-14-29-21(18(20)28)7-12-26(13-8-21)16-6-11-23-19(24-16)30-2;2-1-3/h3-6,10-11,18,28H,7-9,12-14H2,1-2H3,(H,25,27);1H,(H,2,3)/t18-,20+;/m0./s1. The molecule has 2 saturated heterocycles. The SMILES string of the molecule is CSc1nccc(N2CCC3(CC2)OCC[C@@](C)(NC(=O)c2ccccn2)[C@@H]3O)n1.O=CO. The number of carboxylic acid groups (broad SMARTS) is 1. The average Bonchev–Trinajstić information content (AvgIpc) is 2.84. The molecule has 2 aromatic heterocycles. The molecule has 3 N–H and O–H groups in total. The van der Waals surface area contributed by atoms with E-state index in [1.54, 1.807) is 30.6 Å². The minimum absolute atomic E-state index is 0.250. The number of amides is 1. The topological polar surface area (TPSA) is 138 Å². The fourth-order valence-electron chi connectivity index (χ4n) is 4.35. The van der Waals surface area contributed by atoms with Crippen LogP contribution in [0, 0.1) is 0 Å². The third-order valence-corrected chi connectivity index (χ3v) is 6.71. The number of hydrogen-bond acceptors (Lipinski definition) is 9. The Bertz CT molecular complexity index is 942. The van der Waals surface area contributed by atoms with Crippen LogP contribution < -0.4 is 10.2 Å². The van der Waals surface area contributed by atoms with Gasteiger partial charge in [-0.1, -0.05) is 17.8 Å². The third-order valence-electron chi connectivity index (χ3n) is 6.14. The summed E-state index contributed by atoms with van der Waals surface area (Å²) in [5, 5.41) is 22.0. The molecule has 0 bridgehead atoms. The van der Waals surface area contributed by atoms with Crippen LogP contribution in [-0.2, 0) is 9.53 Å². The van der Waals surface area contributed by atoms with E-state index in [2.05, 4.69) is 25.2 Å². The van der Waals surface area contributed by atoms with Gasteiger partial charge in [-0.25, -0.2) is 9.97 Å². The first-order valence-electron chi connectivity index (χ1n) is 10.6. The Balaban J connectivity index is 0.000000968. The minimum Gasteiger partial charge on any atom is -0.483 e. The van der Waals surface area contributed by atoms with Gasteiger partial charge in [0.25, 0.3) is 12.4 Å². The number of nitrogens with zero attached hydrogens (tertiary/aromatic N) is 4. The van der Waals surface area contributed by atoms with E-state index in [9.17, 15) is 9.90 Å². The van der Waals surface area contributed by atoms with E-state index in [1.807, 2.05) is 19.2 Å². The van der Waals surface area contributed by atoms with E-state index >= 15 is 0 Å². The number of thioether (sulfide) groups is 1. The average molecular weight is 476 g/mol. The highest BCUT2D eigenvalue weighted by Crippen LogP contribution is 2.40. The summed E-state index contributed by atoms with van der Waals surface area (Å²) in [6.45, 7) is 3.56. The summed E-state index contributed by atoms with van der Waals surface area (Å²) in [5.41, 5.74) is -1.12. The van der Waals surface area contributed by atoms with Crippen molar-refractivity contribution in [3.05, 3.63) is 42.4 Å². The predicted octanol–water partition coefficient (Wildman–Crippen LogP) is 1.60. The molecule has 178 valence electrons. The highest BCUT2D eigenvalue weighted by molar-refractivity contribution is 7.98. The van der Waals surface area contributed by atoms with E-state index in [4.69, 9.17) is 14.6 Å². The second-order valence-corrected chi connectivity index (χ2v) is 8.92. The van der Waals surface area contributed by atoms with Gasteiger partial charge in [0.15, 0.2) is 5.16 Å². The van der Waals surface area contributed by atoms with E-state index in [-0.39, 0.29) is 12.4 Å². The van der Waals surface area contributed by atoms with Gasteiger partial charge in [-0.3, -0.25) is 14.6 Å². The van der Waals surface area contributed by atoms with Crippen molar-refractivity contribution in [3.8, 4) is 0 Å². The normalized spacial score (nSPS) is 23.8. The van der Waals surface area contributed by atoms with Crippen LogP contribution in [0.25, 0.3) is 0 Å². The predicted molar refractivity (Wildman–Crippen MR) is 123 cm³/mol. The lowest BCUT2D eigenvalue weighted by Gasteiger charge is -2.53. The molecule has 2 atom stereocenters. The zero-order valence-corrected chi connectivity index (χ0v) is 19.5. The lowest BCUT2D eigenvalue weighted by Crippen LogP contribution is -2.69. The first kappa shape index (κ1) is 24.9. The summed E-state index contributed by atoms with van der Waals surface area (Å²) in [7, 11) is 0. The maximum Gasteiger partial charge on any atom is 0.290 e. The number of carbonyl (C=O) groups is 2. The number of pyridine rings is 1. The fraction of sp³-hybridized carbons (Fsp3) is 0.500. The van der Waals surface area contributed by atoms with Gasteiger partial charge in [0.05, 0.1) is 11.1 Å². The summed E-state index contributed by atoms with van der Waals surface area (Å²) in [6, 6.07) is 7.12. The Morgan fingerprint density at radius 1 is 1.24 bits per heavy atom. The van der Waals surface area contributed by atoms with Crippen molar-refractivity contribution in [1.29, 1.82) is 0 Å². The second-order valence-electron chi connectivity index (χ2n) is 8.15. The summed E-state index contributed by atoms with van der Waals surface area (Å²) in [6.07, 6.45) is 6.35. The Labute approximate surface area is 196 Å². The molecule has 10 nitrogen and oxygen atoms in total. The Morgan fingerprint density at radius 3 is 2.61 bits per heavy atom. The van der Waals surface area contributed by atoms with Gasteiger partial charge in [0.2, 0.25) is 0 Å². The number of aliphatic hydroxyl groups excluding tert-OH is 1. The zero-order chi connectivity index (χ0) is 23.9. The number of nitrogens with one attached hydrogen (secondary N) is 1. The molecule has 2 fully saturated rings. The molecule has 0 aliphatic carbocycles. The van der Waals surface area contributed by atoms with E-state index in [1.165, 1.54) is 11.8 Å². The summed E-state index contributed by atoms with van der Waals surface area (Å²) >= 11 is 1.51. The highest BCUT2D eigenvalue weighted by atomic mass is 32.2. The largest absolute Gasteiger partial charge is 0.483 e. The van der Waals surface area contributed by atoms with Gasteiger partial charge in [-0.05, 0) is 50.6 Å². The van der Waals surface area contributed by atoms with Crippen molar-refractivity contribution in [2.24, 2.45) is 0 Å². The first-order chi connectivity index (χ1) is 15.9. The maximum absolute atomic E-state index is 12.7. The van der Waals surface area contributed by atoms with Crippen molar-refractivity contribution in [2.75, 3.05) is 30.9 Å². The summed E-state index contributed by atoms with van der Waals surface area (Å²) in [5.74, 6) is 0.609. The molecule has 4 heterocycles. The fourth-order valence-corrected chi connectivity index (χ4v) is 4.70. The molecule has 2 aliphatic heterocycles. The lowest BCUT2D eigenvalue weighted by atomic mass is 9.73. The van der Waals surface area contributed by atoms with Crippen molar-refractivity contribution in [1.82, 2.24) is 20.3 Å². The number of hydrogen-bond donors (Lipinski definition) is 3. The van der Waals surface area contributed by atoms with Crippen LogP contribution in [0.15, 0.2) is 41.8 Å². The second kappa shape index (κ2) is 10.9. The molecule has 2 aromatic rings. The van der Waals surface area contributed by atoms with Crippen LogP contribution in [-0.4, -0.2) is 80.7 Å². The van der Waals surface area contributed by atoms with E-state index in [0.717, 1.165) is 11.0 Å². The van der Waals surface area contributed by atoms with Crippen LogP contribution in [0.5, 0.6) is 0 Å². The van der Waals surface area contributed by atoms with Gasteiger partial charge in [-0.2, -0.15) is 0 Å². The lowest BCUT2D eigenvalue weighted by molar-refractivity contribution is -0.195. The minimum atomic E-state index is -0.819. The smallest absolute Gasteiger partial charge is 0.290 e. The summed E-state index contributed by atoms with van der Waals surface area (Å²) in [4.78, 5) is 36.2.